The molecule has 0 aromatic carbocycles. The molecule has 3 unspecified atom stereocenters. The molecule has 21 heavy (non-hydrogen) atoms. The maximum atomic E-state index is 10.9. The van der Waals surface area contributed by atoms with Gasteiger partial charge in [-0.25, -0.2) is 0 Å². The van der Waals surface area contributed by atoms with Gasteiger partial charge in [0, 0.05) is 10.8 Å². The molecule has 3 nitrogen and oxygen atoms in total. The Morgan fingerprint density at radius 1 is 1.19 bits per heavy atom. The summed E-state index contributed by atoms with van der Waals surface area (Å²) in [6.45, 7) is 9.35. The summed E-state index contributed by atoms with van der Waals surface area (Å²) in [6.07, 6.45) is 11.2. The summed E-state index contributed by atoms with van der Waals surface area (Å²) in [4.78, 5) is 10.8. The van der Waals surface area contributed by atoms with Crippen molar-refractivity contribution in [3.8, 4) is 0 Å². The van der Waals surface area contributed by atoms with Crippen molar-refractivity contribution in [2.45, 2.75) is 85.5 Å². The van der Waals surface area contributed by atoms with Gasteiger partial charge in [-0.15, -0.1) is 0 Å². The van der Waals surface area contributed by atoms with Gasteiger partial charge in [-0.05, 0) is 36.5 Å². The van der Waals surface area contributed by atoms with Crippen LogP contribution in [0.2, 0.25) is 0 Å². The van der Waals surface area contributed by atoms with Crippen molar-refractivity contribution in [3.05, 3.63) is 10.1 Å². The first-order valence-corrected chi connectivity index (χ1v) is 9.02. The number of nitro groups is 1. The van der Waals surface area contributed by atoms with Gasteiger partial charge in [0.05, 0.1) is 0 Å². The molecule has 1 saturated carbocycles. The Morgan fingerprint density at radius 2 is 1.90 bits per heavy atom. The highest BCUT2D eigenvalue weighted by Gasteiger charge is 2.44. The van der Waals surface area contributed by atoms with Crippen molar-refractivity contribution >= 4 is 0 Å². The van der Waals surface area contributed by atoms with E-state index in [0.717, 1.165) is 18.8 Å². The van der Waals surface area contributed by atoms with Crippen LogP contribution in [0.15, 0.2) is 0 Å². The fourth-order valence-electron chi connectivity index (χ4n) is 4.33. The molecule has 1 rings (SSSR count). The first kappa shape index (κ1) is 18.4. The van der Waals surface area contributed by atoms with E-state index in [1.165, 1.54) is 44.9 Å². The molecule has 0 radical (unpaired) electrons. The van der Waals surface area contributed by atoms with E-state index in [1.807, 2.05) is 0 Å². The quantitative estimate of drug-likeness (QED) is 0.295. The highest BCUT2D eigenvalue weighted by Crippen LogP contribution is 2.50. The Kier molecular flexibility index (Phi) is 7.69. The van der Waals surface area contributed by atoms with Crippen molar-refractivity contribution in [2.75, 3.05) is 6.54 Å². The van der Waals surface area contributed by atoms with Crippen molar-refractivity contribution in [1.82, 2.24) is 0 Å². The Labute approximate surface area is 131 Å². The molecule has 0 saturated heterocycles. The van der Waals surface area contributed by atoms with Crippen molar-refractivity contribution in [2.24, 2.45) is 23.2 Å². The van der Waals surface area contributed by atoms with E-state index in [-0.39, 0.29) is 16.9 Å². The number of hydrogen-bond donors (Lipinski definition) is 0. The monoisotopic (exact) mass is 297 g/mol. The summed E-state index contributed by atoms with van der Waals surface area (Å²) in [7, 11) is 0. The molecule has 0 heterocycles. The molecule has 1 fully saturated rings. The Balaban J connectivity index is 2.64. The van der Waals surface area contributed by atoms with E-state index >= 15 is 0 Å². The van der Waals surface area contributed by atoms with E-state index in [4.69, 9.17) is 0 Å². The van der Waals surface area contributed by atoms with E-state index in [1.54, 1.807) is 0 Å². The molecule has 0 N–H and O–H groups in total. The molecular formula is C18H35NO2. The molecule has 124 valence electrons. The molecular weight excluding hydrogens is 262 g/mol. The lowest BCUT2D eigenvalue weighted by Crippen LogP contribution is -2.28. The zero-order valence-electron chi connectivity index (χ0n) is 14.6. The number of rotatable bonds is 10. The second kappa shape index (κ2) is 8.75. The fourth-order valence-corrected chi connectivity index (χ4v) is 4.33. The fraction of sp³-hybridized carbons (Fsp3) is 1.00. The van der Waals surface area contributed by atoms with Crippen molar-refractivity contribution in [3.63, 3.8) is 0 Å². The molecule has 0 spiro atoms. The normalized spacial score (nSPS) is 25.9. The topological polar surface area (TPSA) is 43.1 Å². The van der Waals surface area contributed by atoms with Gasteiger partial charge < -0.3 is 0 Å². The Bertz CT molecular complexity index is 314. The summed E-state index contributed by atoms with van der Waals surface area (Å²) >= 11 is 0. The predicted molar refractivity (Wildman–Crippen MR) is 89.0 cm³/mol. The molecule has 0 amide bonds. The summed E-state index contributed by atoms with van der Waals surface area (Å²) in [5, 5.41) is 10.9. The second-order valence-corrected chi connectivity index (χ2v) is 7.80. The second-order valence-electron chi connectivity index (χ2n) is 7.80. The minimum Gasteiger partial charge on any atom is -0.265 e. The maximum absolute atomic E-state index is 10.9. The molecule has 0 aliphatic heterocycles. The molecule has 0 aromatic heterocycles. The first-order chi connectivity index (χ1) is 9.90. The van der Waals surface area contributed by atoms with Crippen LogP contribution < -0.4 is 0 Å². The third-order valence-corrected chi connectivity index (χ3v) is 5.62. The van der Waals surface area contributed by atoms with E-state index in [2.05, 4.69) is 27.7 Å². The number of nitrogens with zero attached hydrogens (tertiary/aromatic N) is 1. The van der Waals surface area contributed by atoms with Crippen LogP contribution in [0.1, 0.15) is 85.5 Å². The van der Waals surface area contributed by atoms with Crippen molar-refractivity contribution in [1.29, 1.82) is 0 Å². The van der Waals surface area contributed by atoms with Gasteiger partial charge in [-0.1, -0.05) is 66.2 Å². The van der Waals surface area contributed by atoms with Gasteiger partial charge in [0.25, 0.3) is 0 Å². The van der Waals surface area contributed by atoms with Crippen molar-refractivity contribution < 1.29 is 4.92 Å². The number of unbranched alkanes of at least 4 members (excludes halogenated alkanes) is 2. The Hall–Kier alpha value is -0.600. The van der Waals surface area contributed by atoms with Gasteiger partial charge in [0.1, 0.15) is 0 Å². The van der Waals surface area contributed by atoms with Gasteiger partial charge >= 0.3 is 0 Å². The predicted octanol–water partition coefficient (Wildman–Crippen LogP) is 5.70. The van der Waals surface area contributed by atoms with Crippen LogP contribution in [-0.4, -0.2) is 11.5 Å². The van der Waals surface area contributed by atoms with E-state index in [0.29, 0.717) is 11.8 Å². The van der Waals surface area contributed by atoms with Crippen LogP contribution in [0.25, 0.3) is 0 Å². The third kappa shape index (κ3) is 5.96. The van der Waals surface area contributed by atoms with Crippen LogP contribution in [0.3, 0.4) is 0 Å². The minimum atomic E-state index is -0.0923. The lowest BCUT2D eigenvalue weighted by Gasteiger charge is -2.33. The smallest absolute Gasteiger partial charge is 0.206 e. The van der Waals surface area contributed by atoms with Gasteiger partial charge in [-0.3, -0.25) is 10.1 Å². The van der Waals surface area contributed by atoms with Crippen LogP contribution in [0.5, 0.6) is 0 Å². The molecule has 3 heteroatoms. The van der Waals surface area contributed by atoms with Gasteiger partial charge in [0.15, 0.2) is 0 Å². The van der Waals surface area contributed by atoms with Crippen LogP contribution in [0, 0.1) is 33.3 Å². The number of hydrogen-bond acceptors (Lipinski definition) is 2. The average Bonchev–Trinajstić information content (AvgIpc) is 2.66. The van der Waals surface area contributed by atoms with Crippen LogP contribution >= 0.6 is 0 Å². The lowest BCUT2D eigenvalue weighted by molar-refractivity contribution is -0.489. The zero-order valence-corrected chi connectivity index (χ0v) is 14.6. The standard InChI is InChI=1S/C18H35NO2/c1-5-7-8-10-15(9-6-2)13-17-16(14-19(20)21)11-12-18(17,3)4/h15-17H,5-14H2,1-4H3. The Morgan fingerprint density at radius 3 is 2.48 bits per heavy atom. The average molecular weight is 297 g/mol. The lowest BCUT2D eigenvalue weighted by atomic mass is 9.72. The largest absolute Gasteiger partial charge is 0.265 e. The third-order valence-electron chi connectivity index (χ3n) is 5.62. The maximum Gasteiger partial charge on any atom is 0.206 e. The highest BCUT2D eigenvalue weighted by molar-refractivity contribution is 4.91. The summed E-state index contributed by atoms with van der Waals surface area (Å²) in [6, 6.07) is 0. The SMILES string of the molecule is CCCCCC(CCC)CC1C(C[N+](=O)[O-])CCC1(C)C. The molecule has 1 aliphatic rings. The summed E-state index contributed by atoms with van der Waals surface area (Å²) in [5.74, 6) is 1.62. The van der Waals surface area contributed by atoms with Gasteiger partial charge in [-0.2, -0.15) is 0 Å². The highest BCUT2D eigenvalue weighted by atomic mass is 16.6. The molecule has 3 atom stereocenters. The van der Waals surface area contributed by atoms with Gasteiger partial charge in [0.2, 0.25) is 6.54 Å². The zero-order chi connectivity index (χ0) is 15.9. The van der Waals surface area contributed by atoms with E-state index in [9.17, 15) is 10.1 Å². The van der Waals surface area contributed by atoms with E-state index < -0.39 is 0 Å². The first-order valence-electron chi connectivity index (χ1n) is 9.02. The minimum absolute atomic E-state index is 0.0923. The van der Waals surface area contributed by atoms with Crippen LogP contribution in [-0.2, 0) is 0 Å². The summed E-state index contributed by atoms with van der Waals surface area (Å²) < 4.78 is 0. The molecule has 1 aliphatic carbocycles. The molecule has 0 aromatic rings. The summed E-state index contributed by atoms with van der Waals surface area (Å²) in [5.41, 5.74) is 0.289. The van der Waals surface area contributed by atoms with Crippen LogP contribution in [0.4, 0.5) is 0 Å². The molecule has 0 bridgehead atoms.